The zero-order valence-electron chi connectivity index (χ0n) is 15.9. The van der Waals surface area contributed by atoms with Crippen LogP contribution in [0.15, 0.2) is 30.3 Å². The Morgan fingerprint density at radius 1 is 1.35 bits per heavy atom. The molecular weight excluding hydrogens is 328 g/mol. The van der Waals surface area contributed by atoms with E-state index in [1.165, 1.54) is 18.2 Å². The normalized spacial score (nSPS) is 15.3. The average molecular weight is 356 g/mol. The molecule has 6 nitrogen and oxygen atoms in total. The summed E-state index contributed by atoms with van der Waals surface area (Å²) < 4.78 is 7.98. The minimum absolute atomic E-state index is 0.0305. The van der Waals surface area contributed by atoms with Gasteiger partial charge in [0.25, 0.3) is 0 Å². The summed E-state index contributed by atoms with van der Waals surface area (Å²) in [5.74, 6) is 0.911. The number of rotatable bonds is 7. The van der Waals surface area contributed by atoms with Gasteiger partial charge in [-0.25, -0.2) is 0 Å². The topological polar surface area (TPSA) is 59.4 Å². The van der Waals surface area contributed by atoms with Gasteiger partial charge in [-0.05, 0) is 37.1 Å². The maximum absolute atomic E-state index is 11.1. The van der Waals surface area contributed by atoms with Crippen LogP contribution in [0.1, 0.15) is 44.1 Å². The quantitative estimate of drug-likeness (QED) is 0.829. The van der Waals surface area contributed by atoms with E-state index in [-0.39, 0.29) is 12.0 Å². The van der Waals surface area contributed by atoms with Gasteiger partial charge >= 0.3 is 0 Å². The fraction of sp³-hybridized carbons (Fsp3) is 0.500. The van der Waals surface area contributed by atoms with E-state index in [0.717, 1.165) is 44.0 Å². The molecule has 1 aromatic carbocycles. The first-order chi connectivity index (χ1) is 12.5. The van der Waals surface area contributed by atoms with E-state index in [2.05, 4.69) is 58.1 Å². The third-order valence-corrected chi connectivity index (χ3v) is 4.66. The van der Waals surface area contributed by atoms with Gasteiger partial charge in [0.05, 0.1) is 30.6 Å². The fourth-order valence-electron chi connectivity index (χ4n) is 3.11. The Bertz CT molecular complexity index is 756. The van der Waals surface area contributed by atoms with Crippen molar-refractivity contribution in [3.05, 3.63) is 47.3 Å². The number of aromatic nitrogens is 2. The lowest BCUT2D eigenvalue weighted by Gasteiger charge is -2.27. The molecule has 6 heteroatoms. The molecule has 0 fully saturated rings. The van der Waals surface area contributed by atoms with Crippen molar-refractivity contribution >= 4 is 5.91 Å². The van der Waals surface area contributed by atoms with Gasteiger partial charge < -0.3 is 10.1 Å². The van der Waals surface area contributed by atoms with Crippen molar-refractivity contribution in [2.75, 3.05) is 6.54 Å². The van der Waals surface area contributed by atoms with E-state index >= 15 is 0 Å². The summed E-state index contributed by atoms with van der Waals surface area (Å²) >= 11 is 0. The number of fused-ring (bicyclic) bond motifs is 1. The van der Waals surface area contributed by atoms with E-state index in [1.807, 2.05) is 6.07 Å². The maximum Gasteiger partial charge on any atom is 0.217 e. The molecule has 26 heavy (non-hydrogen) atoms. The minimum Gasteiger partial charge on any atom is -0.491 e. The molecule has 1 atom stereocenters. The molecular formula is C20H28N4O2. The number of nitrogens with one attached hydrogen (secondary N) is 1. The summed E-state index contributed by atoms with van der Waals surface area (Å²) in [7, 11) is 0. The van der Waals surface area contributed by atoms with Crippen LogP contribution in [0.4, 0.5) is 0 Å². The highest BCUT2D eigenvalue weighted by molar-refractivity contribution is 5.72. The largest absolute Gasteiger partial charge is 0.491 e. The number of carbonyl (C=O) groups is 1. The predicted octanol–water partition coefficient (Wildman–Crippen LogP) is 2.71. The van der Waals surface area contributed by atoms with Gasteiger partial charge in [-0.3, -0.25) is 14.4 Å². The lowest BCUT2D eigenvalue weighted by Crippen LogP contribution is -2.33. The molecule has 1 N–H and O–H groups in total. The number of nitrogens with zero attached hydrogens (tertiary/aromatic N) is 3. The highest BCUT2D eigenvalue weighted by atomic mass is 16.5. The first kappa shape index (κ1) is 18.5. The van der Waals surface area contributed by atoms with Crippen molar-refractivity contribution in [2.24, 2.45) is 0 Å². The van der Waals surface area contributed by atoms with Crippen LogP contribution in [0.2, 0.25) is 0 Å². The molecule has 1 aliphatic heterocycles. The molecule has 0 aliphatic carbocycles. The lowest BCUT2D eigenvalue weighted by molar-refractivity contribution is -0.119. The molecule has 1 aliphatic rings. The van der Waals surface area contributed by atoms with Crippen molar-refractivity contribution in [1.82, 2.24) is 20.0 Å². The monoisotopic (exact) mass is 356 g/mol. The molecule has 140 valence electrons. The summed E-state index contributed by atoms with van der Waals surface area (Å²) in [6, 6.07) is 10.5. The van der Waals surface area contributed by atoms with Crippen molar-refractivity contribution in [3.63, 3.8) is 0 Å². The van der Waals surface area contributed by atoms with Crippen LogP contribution >= 0.6 is 0 Å². The van der Waals surface area contributed by atoms with Crippen molar-refractivity contribution in [1.29, 1.82) is 0 Å². The van der Waals surface area contributed by atoms with Crippen LogP contribution in [0.3, 0.4) is 0 Å². The van der Waals surface area contributed by atoms with Crippen LogP contribution in [0.5, 0.6) is 5.75 Å². The van der Waals surface area contributed by atoms with Gasteiger partial charge in [-0.1, -0.05) is 19.1 Å². The van der Waals surface area contributed by atoms with Crippen LogP contribution in [-0.2, 0) is 31.0 Å². The Morgan fingerprint density at radius 3 is 2.96 bits per heavy atom. The Labute approximate surface area is 155 Å². The van der Waals surface area contributed by atoms with Crippen LogP contribution in [0.25, 0.3) is 0 Å². The zero-order chi connectivity index (χ0) is 18.5. The number of hydrogen-bond donors (Lipinski definition) is 1. The summed E-state index contributed by atoms with van der Waals surface area (Å²) in [6.45, 7) is 9.83. The summed E-state index contributed by atoms with van der Waals surface area (Å²) in [4.78, 5) is 13.5. The highest BCUT2D eigenvalue weighted by Gasteiger charge is 2.18. The number of benzene rings is 1. The smallest absolute Gasteiger partial charge is 0.217 e. The molecule has 0 saturated heterocycles. The Morgan fingerprint density at radius 2 is 2.19 bits per heavy atom. The second kappa shape index (κ2) is 8.36. The molecule has 0 bridgehead atoms. The van der Waals surface area contributed by atoms with E-state index in [1.54, 1.807) is 0 Å². The highest BCUT2D eigenvalue weighted by Crippen LogP contribution is 2.20. The standard InChI is InChI=1S/C20H28N4O2/c1-4-15(2)26-20-7-5-6-17(10-20)13-23-8-9-24-19(14-23)11-18(22-24)12-21-16(3)25/h5-7,10-11,15H,4,8-9,12-14H2,1-3H3,(H,21,25). The van der Waals surface area contributed by atoms with Gasteiger partial charge in [0.2, 0.25) is 5.91 Å². The lowest BCUT2D eigenvalue weighted by atomic mass is 10.1. The van der Waals surface area contributed by atoms with Crippen LogP contribution in [-0.4, -0.2) is 33.2 Å². The molecule has 0 saturated carbocycles. The van der Waals surface area contributed by atoms with Gasteiger partial charge in [-0.15, -0.1) is 0 Å². The fourth-order valence-corrected chi connectivity index (χ4v) is 3.11. The second-order valence-corrected chi connectivity index (χ2v) is 6.95. The minimum atomic E-state index is -0.0305. The van der Waals surface area contributed by atoms with E-state index in [0.29, 0.717) is 6.54 Å². The number of hydrogen-bond acceptors (Lipinski definition) is 4. The summed E-state index contributed by atoms with van der Waals surface area (Å²) in [6.07, 6.45) is 1.23. The molecule has 3 rings (SSSR count). The SMILES string of the molecule is CCC(C)Oc1cccc(CN2CCn3nc(CNC(C)=O)cc3C2)c1. The van der Waals surface area contributed by atoms with E-state index in [4.69, 9.17) is 4.74 Å². The number of ether oxygens (including phenoxy) is 1. The molecule has 2 heterocycles. The van der Waals surface area contributed by atoms with Crippen LogP contribution < -0.4 is 10.1 Å². The molecule has 0 radical (unpaired) electrons. The first-order valence-electron chi connectivity index (χ1n) is 9.31. The molecule has 2 aromatic rings. The van der Waals surface area contributed by atoms with E-state index in [9.17, 15) is 4.79 Å². The van der Waals surface area contributed by atoms with Gasteiger partial charge in [0.1, 0.15) is 5.75 Å². The molecule has 1 amide bonds. The Hall–Kier alpha value is -2.34. The van der Waals surface area contributed by atoms with Gasteiger partial charge in [-0.2, -0.15) is 5.10 Å². The van der Waals surface area contributed by atoms with Gasteiger partial charge in [0.15, 0.2) is 0 Å². The second-order valence-electron chi connectivity index (χ2n) is 6.95. The van der Waals surface area contributed by atoms with Crippen molar-refractivity contribution in [3.8, 4) is 5.75 Å². The Kier molecular flexibility index (Phi) is 5.93. The average Bonchev–Trinajstić information content (AvgIpc) is 3.02. The van der Waals surface area contributed by atoms with Crippen LogP contribution in [0, 0.1) is 0 Å². The van der Waals surface area contributed by atoms with Crippen molar-refractivity contribution in [2.45, 2.75) is 59.5 Å². The maximum atomic E-state index is 11.1. The summed E-state index contributed by atoms with van der Waals surface area (Å²) in [5, 5.41) is 7.38. The number of carbonyl (C=O) groups excluding carboxylic acids is 1. The zero-order valence-corrected chi connectivity index (χ0v) is 15.9. The predicted molar refractivity (Wildman–Crippen MR) is 101 cm³/mol. The first-order valence-corrected chi connectivity index (χ1v) is 9.31. The van der Waals surface area contributed by atoms with Gasteiger partial charge in [0, 0.05) is 26.6 Å². The number of amides is 1. The van der Waals surface area contributed by atoms with E-state index < -0.39 is 0 Å². The van der Waals surface area contributed by atoms with Crippen molar-refractivity contribution < 1.29 is 9.53 Å². The Balaban J connectivity index is 1.61. The summed E-state index contributed by atoms with van der Waals surface area (Å²) in [5.41, 5.74) is 3.38. The molecule has 1 aromatic heterocycles. The third kappa shape index (κ3) is 4.85. The molecule has 1 unspecified atom stereocenters. The molecule has 0 spiro atoms. The third-order valence-electron chi connectivity index (χ3n) is 4.66.